The summed E-state index contributed by atoms with van der Waals surface area (Å²) < 4.78 is 0. The van der Waals surface area contributed by atoms with Crippen LogP contribution < -0.4 is 5.32 Å². The number of benzene rings is 1. The Bertz CT molecular complexity index is 725. The van der Waals surface area contributed by atoms with Crippen molar-refractivity contribution in [1.29, 1.82) is 0 Å². The molecule has 0 aliphatic carbocycles. The van der Waals surface area contributed by atoms with Crippen molar-refractivity contribution in [2.45, 2.75) is 6.54 Å². The summed E-state index contributed by atoms with van der Waals surface area (Å²) in [6, 6.07) is 8.33. The number of nitrogens with zero attached hydrogens (tertiary/aromatic N) is 2. The van der Waals surface area contributed by atoms with E-state index in [1.165, 1.54) is 13.2 Å². The van der Waals surface area contributed by atoms with Gasteiger partial charge in [0.25, 0.3) is 11.8 Å². The Labute approximate surface area is 121 Å². The van der Waals surface area contributed by atoms with Crippen molar-refractivity contribution in [2.75, 3.05) is 12.4 Å². The van der Waals surface area contributed by atoms with E-state index < -0.39 is 0 Å². The number of carbonyl (C=O) groups is 2. The van der Waals surface area contributed by atoms with E-state index >= 15 is 0 Å². The Balaban J connectivity index is 1.78. The van der Waals surface area contributed by atoms with Crippen LogP contribution >= 0.6 is 0 Å². The van der Waals surface area contributed by atoms with Gasteiger partial charge in [-0.2, -0.15) is 0 Å². The molecule has 2 N–H and O–H groups in total. The molecule has 0 fully saturated rings. The number of aromatic nitrogens is 1. The van der Waals surface area contributed by atoms with Crippen molar-refractivity contribution in [1.82, 2.24) is 9.88 Å². The topological polar surface area (TPSA) is 82.5 Å². The summed E-state index contributed by atoms with van der Waals surface area (Å²) in [5.41, 5.74) is 2.33. The van der Waals surface area contributed by atoms with E-state index in [1.807, 2.05) is 0 Å². The Kier molecular flexibility index (Phi) is 3.06. The highest BCUT2D eigenvalue weighted by atomic mass is 16.3. The summed E-state index contributed by atoms with van der Waals surface area (Å²) in [6.07, 6.45) is 1.37. The SMILES string of the molecule is CN1C(=O)c2ccc(NCc3ccc(O)cn3)cc2C1=O. The third-order valence-electron chi connectivity index (χ3n) is 3.37. The molecular formula is C15H13N3O3. The molecule has 0 bridgehead atoms. The second kappa shape index (κ2) is 4.90. The summed E-state index contributed by atoms with van der Waals surface area (Å²) in [7, 11) is 1.47. The lowest BCUT2D eigenvalue weighted by atomic mass is 10.1. The Morgan fingerprint density at radius 1 is 1.14 bits per heavy atom. The first-order chi connectivity index (χ1) is 10.1. The van der Waals surface area contributed by atoms with Gasteiger partial charge in [0, 0.05) is 12.7 Å². The Hall–Kier alpha value is -2.89. The van der Waals surface area contributed by atoms with Gasteiger partial charge in [-0.05, 0) is 30.3 Å². The lowest BCUT2D eigenvalue weighted by molar-refractivity contribution is 0.0693. The first-order valence-corrected chi connectivity index (χ1v) is 6.40. The molecule has 2 heterocycles. The molecule has 0 spiro atoms. The molecule has 2 aromatic rings. The number of imide groups is 1. The summed E-state index contributed by atoms with van der Waals surface area (Å²) in [6.45, 7) is 0.455. The number of rotatable bonds is 3. The van der Waals surface area contributed by atoms with Crippen molar-refractivity contribution >= 4 is 17.5 Å². The molecule has 6 heteroatoms. The molecule has 1 aromatic carbocycles. The maximum atomic E-state index is 11.9. The molecule has 1 aliphatic heterocycles. The number of pyridine rings is 1. The Morgan fingerprint density at radius 2 is 1.90 bits per heavy atom. The molecular weight excluding hydrogens is 270 g/mol. The maximum Gasteiger partial charge on any atom is 0.261 e. The molecule has 2 amide bonds. The van der Waals surface area contributed by atoms with Gasteiger partial charge in [0.05, 0.1) is 29.6 Å². The fraction of sp³-hybridized carbons (Fsp3) is 0.133. The van der Waals surface area contributed by atoms with Gasteiger partial charge in [-0.3, -0.25) is 19.5 Å². The van der Waals surface area contributed by atoms with E-state index in [2.05, 4.69) is 10.3 Å². The van der Waals surface area contributed by atoms with Crippen molar-refractivity contribution in [2.24, 2.45) is 0 Å². The van der Waals surface area contributed by atoms with Crippen LogP contribution in [0.4, 0.5) is 5.69 Å². The fourth-order valence-electron chi connectivity index (χ4n) is 2.19. The lowest BCUT2D eigenvalue weighted by Gasteiger charge is -2.07. The van der Waals surface area contributed by atoms with Crippen LogP contribution in [-0.2, 0) is 6.54 Å². The molecule has 0 unspecified atom stereocenters. The monoisotopic (exact) mass is 283 g/mol. The summed E-state index contributed by atoms with van der Waals surface area (Å²) >= 11 is 0. The minimum absolute atomic E-state index is 0.114. The molecule has 1 aliphatic rings. The number of amides is 2. The van der Waals surface area contributed by atoms with E-state index in [1.54, 1.807) is 30.3 Å². The predicted molar refractivity (Wildman–Crippen MR) is 76.1 cm³/mol. The molecule has 0 atom stereocenters. The fourth-order valence-corrected chi connectivity index (χ4v) is 2.19. The first-order valence-electron chi connectivity index (χ1n) is 6.40. The zero-order chi connectivity index (χ0) is 15.0. The summed E-state index contributed by atoms with van der Waals surface area (Å²) in [4.78, 5) is 28.9. The lowest BCUT2D eigenvalue weighted by Crippen LogP contribution is -2.24. The number of nitrogens with one attached hydrogen (secondary N) is 1. The molecule has 0 saturated carbocycles. The van der Waals surface area contributed by atoms with Crippen LogP contribution in [0.5, 0.6) is 5.75 Å². The van der Waals surface area contributed by atoms with Crippen molar-refractivity contribution in [3.05, 3.63) is 53.3 Å². The second-order valence-electron chi connectivity index (χ2n) is 4.79. The van der Waals surface area contributed by atoms with Crippen LogP contribution in [0.3, 0.4) is 0 Å². The Morgan fingerprint density at radius 3 is 2.62 bits per heavy atom. The highest BCUT2D eigenvalue weighted by molar-refractivity contribution is 6.21. The number of hydrogen-bond acceptors (Lipinski definition) is 5. The van der Waals surface area contributed by atoms with Crippen LogP contribution in [0.1, 0.15) is 26.4 Å². The van der Waals surface area contributed by atoms with E-state index in [9.17, 15) is 9.59 Å². The van der Waals surface area contributed by atoms with E-state index in [0.29, 0.717) is 17.7 Å². The zero-order valence-electron chi connectivity index (χ0n) is 11.3. The smallest absolute Gasteiger partial charge is 0.261 e. The number of hydrogen-bond donors (Lipinski definition) is 2. The molecule has 1 aromatic heterocycles. The zero-order valence-corrected chi connectivity index (χ0v) is 11.3. The van der Waals surface area contributed by atoms with Gasteiger partial charge >= 0.3 is 0 Å². The number of anilines is 1. The van der Waals surface area contributed by atoms with E-state index in [0.717, 1.165) is 16.3 Å². The van der Waals surface area contributed by atoms with Gasteiger partial charge in [0.1, 0.15) is 5.75 Å². The van der Waals surface area contributed by atoms with Gasteiger partial charge in [-0.25, -0.2) is 0 Å². The van der Waals surface area contributed by atoms with Crippen LogP contribution in [0.25, 0.3) is 0 Å². The number of aromatic hydroxyl groups is 1. The van der Waals surface area contributed by atoms with Crippen LogP contribution in [0.2, 0.25) is 0 Å². The van der Waals surface area contributed by atoms with Gasteiger partial charge in [0.2, 0.25) is 0 Å². The van der Waals surface area contributed by atoms with Crippen molar-refractivity contribution in [3.8, 4) is 5.75 Å². The van der Waals surface area contributed by atoms with Gasteiger partial charge in [0.15, 0.2) is 0 Å². The predicted octanol–water partition coefficient (Wildman–Crippen LogP) is 1.63. The molecule has 21 heavy (non-hydrogen) atoms. The molecule has 106 valence electrons. The number of fused-ring (bicyclic) bond motifs is 1. The minimum atomic E-state index is -0.290. The molecule has 3 rings (SSSR count). The third-order valence-corrected chi connectivity index (χ3v) is 3.37. The molecule has 0 saturated heterocycles. The van der Waals surface area contributed by atoms with Crippen LogP contribution in [-0.4, -0.2) is 33.9 Å². The van der Waals surface area contributed by atoms with E-state index in [-0.39, 0.29) is 17.6 Å². The quantitative estimate of drug-likeness (QED) is 0.836. The standard InChI is InChI=1S/C15H13N3O3/c1-18-14(20)12-5-3-9(6-13(12)15(18)21)16-7-10-2-4-11(19)8-17-10/h2-6,8,16,19H,7H2,1H3. The summed E-state index contributed by atoms with van der Waals surface area (Å²) in [5, 5.41) is 12.3. The highest BCUT2D eigenvalue weighted by Gasteiger charge is 2.32. The van der Waals surface area contributed by atoms with Gasteiger partial charge in [-0.1, -0.05) is 0 Å². The first kappa shape index (κ1) is 13.1. The summed E-state index contributed by atoms with van der Waals surface area (Å²) in [5.74, 6) is -0.452. The second-order valence-corrected chi connectivity index (χ2v) is 4.79. The van der Waals surface area contributed by atoms with Crippen molar-refractivity contribution in [3.63, 3.8) is 0 Å². The van der Waals surface area contributed by atoms with Crippen LogP contribution in [0.15, 0.2) is 36.5 Å². The molecule has 0 radical (unpaired) electrons. The largest absolute Gasteiger partial charge is 0.506 e. The van der Waals surface area contributed by atoms with E-state index in [4.69, 9.17) is 5.11 Å². The number of carbonyl (C=O) groups excluding carboxylic acids is 2. The van der Waals surface area contributed by atoms with Gasteiger partial charge in [-0.15, -0.1) is 0 Å². The van der Waals surface area contributed by atoms with Crippen LogP contribution in [0, 0.1) is 0 Å². The molecule has 6 nitrogen and oxygen atoms in total. The maximum absolute atomic E-state index is 11.9. The third kappa shape index (κ3) is 2.31. The highest BCUT2D eigenvalue weighted by Crippen LogP contribution is 2.24. The van der Waals surface area contributed by atoms with Gasteiger partial charge < -0.3 is 10.4 Å². The average Bonchev–Trinajstić information content (AvgIpc) is 2.71. The average molecular weight is 283 g/mol. The minimum Gasteiger partial charge on any atom is -0.506 e. The van der Waals surface area contributed by atoms with Crippen molar-refractivity contribution < 1.29 is 14.7 Å². The normalized spacial score (nSPS) is 13.5.